The SMILES string of the molecule is O=C(Cc1cc(Cl)ccc1F)C1COCCO1. The van der Waals surface area contributed by atoms with E-state index in [1.165, 1.54) is 18.2 Å². The molecule has 1 saturated heterocycles. The molecule has 92 valence electrons. The van der Waals surface area contributed by atoms with Gasteiger partial charge >= 0.3 is 0 Å². The lowest BCUT2D eigenvalue weighted by atomic mass is 10.0. The molecule has 0 bridgehead atoms. The summed E-state index contributed by atoms with van der Waals surface area (Å²) in [6.45, 7) is 1.13. The second-order valence-electron chi connectivity index (χ2n) is 3.81. The van der Waals surface area contributed by atoms with Gasteiger partial charge in [-0.1, -0.05) is 11.6 Å². The Morgan fingerprint density at radius 2 is 2.29 bits per heavy atom. The maximum atomic E-state index is 13.4. The quantitative estimate of drug-likeness (QED) is 0.832. The molecule has 1 aliphatic heterocycles. The molecule has 5 heteroatoms. The molecule has 2 rings (SSSR count). The topological polar surface area (TPSA) is 35.5 Å². The average molecular weight is 259 g/mol. The highest BCUT2D eigenvalue weighted by Crippen LogP contribution is 2.17. The number of rotatable bonds is 3. The van der Waals surface area contributed by atoms with Crippen LogP contribution in [-0.4, -0.2) is 31.7 Å². The summed E-state index contributed by atoms with van der Waals surface area (Å²) < 4.78 is 23.8. The van der Waals surface area contributed by atoms with E-state index in [1.54, 1.807) is 0 Å². The first-order chi connectivity index (χ1) is 8.16. The van der Waals surface area contributed by atoms with Crippen molar-refractivity contribution in [2.45, 2.75) is 12.5 Å². The number of ketones is 1. The molecule has 1 atom stereocenters. The van der Waals surface area contributed by atoms with Crippen LogP contribution in [0.5, 0.6) is 0 Å². The normalized spacial score (nSPS) is 20.2. The third-order valence-electron chi connectivity index (χ3n) is 2.55. The van der Waals surface area contributed by atoms with Gasteiger partial charge in [0.25, 0.3) is 0 Å². The minimum absolute atomic E-state index is 0.0274. The molecule has 0 radical (unpaired) electrons. The summed E-state index contributed by atoms with van der Waals surface area (Å²) in [5.74, 6) is -0.620. The van der Waals surface area contributed by atoms with Crippen molar-refractivity contribution in [3.63, 3.8) is 0 Å². The first-order valence-electron chi connectivity index (χ1n) is 5.33. The fraction of sp³-hybridized carbons (Fsp3) is 0.417. The Balaban J connectivity index is 2.04. The van der Waals surface area contributed by atoms with Crippen LogP contribution in [-0.2, 0) is 20.7 Å². The number of benzene rings is 1. The smallest absolute Gasteiger partial charge is 0.168 e. The number of halogens is 2. The fourth-order valence-corrected chi connectivity index (χ4v) is 1.85. The van der Waals surface area contributed by atoms with Gasteiger partial charge in [0.1, 0.15) is 11.9 Å². The number of hydrogen-bond acceptors (Lipinski definition) is 3. The van der Waals surface area contributed by atoms with E-state index in [-0.39, 0.29) is 24.4 Å². The van der Waals surface area contributed by atoms with Gasteiger partial charge in [-0.25, -0.2) is 4.39 Å². The zero-order chi connectivity index (χ0) is 12.3. The monoisotopic (exact) mass is 258 g/mol. The maximum absolute atomic E-state index is 13.4. The lowest BCUT2D eigenvalue weighted by Crippen LogP contribution is -2.36. The van der Waals surface area contributed by atoms with Gasteiger partial charge in [0.05, 0.1) is 19.8 Å². The molecule has 1 heterocycles. The molecule has 3 nitrogen and oxygen atoms in total. The Morgan fingerprint density at radius 1 is 1.47 bits per heavy atom. The summed E-state index contributed by atoms with van der Waals surface area (Å²) in [5, 5.41) is 0.412. The summed E-state index contributed by atoms with van der Waals surface area (Å²) in [7, 11) is 0. The van der Waals surface area contributed by atoms with Crippen LogP contribution in [0.15, 0.2) is 18.2 Å². The molecule has 1 aromatic rings. The summed E-state index contributed by atoms with van der Waals surface area (Å²) >= 11 is 5.75. The zero-order valence-electron chi connectivity index (χ0n) is 9.12. The van der Waals surface area contributed by atoms with Gasteiger partial charge in [0.15, 0.2) is 5.78 Å². The minimum atomic E-state index is -0.595. The Kier molecular flexibility index (Phi) is 4.10. The highest BCUT2D eigenvalue weighted by atomic mass is 35.5. The van der Waals surface area contributed by atoms with Crippen molar-refractivity contribution < 1.29 is 18.7 Å². The predicted molar refractivity (Wildman–Crippen MR) is 60.7 cm³/mol. The fourth-order valence-electron chi connectivity index (χ4n) is 1.65. The highest BCUT2D eigenvalue weighted by Gasteiger charge is 2.23. The largest absolute Gasteiger partial charge is 0.376 e. The van der Waals surface area contributed by atoms with Crippen LogP contribution in [0.25, 0.3) is 0 Å². The Hall–Kier alpha value is -0.970. The number of carbonyl (C=O) groups is 1. The molecule has 1 unspecified atom stereocenters. The molecule has 0 aliphatic carbocycles. The minimum Gasteiger partial charge on any atom is -0.376 e. The van der Waals surface area contributed by atoms with Crippen molar-refractivity contribution in [2.75, 3.05) is 19.8 Å². The van der Waals surface area contributed by atoms with Crippen molar-refractivity contribution in [3.05, 3.63) is 34.6 Å². The van der Waals surface area contributed by atoms with E-state index >= 15 is 0 Å². The van der Waals surface area contributed by atoms with Gasteiger partial charge in [-0.3, -0.25) is 4.79 Å². The summed E-state index contributed by atoms with van der Waals surface area (Å²) in [5.41, 5.74) is 0.289. The molecule has 1 fully saturated rings. The molecule has 0 spiro atoms. The van der Waals surface area contributed by atoms with E-state index in [2.05, 4.69) is 0 Å². The zero-order valence-corrected chi connectivity index (χ0v) is 9.87. The summed E-state index contributed by atoms with van der Waals surface area (Å²) in [6, 6.07) is 4.16. The number of Topliss-reactive ketones (excluding diaryl/α,β-unsaturated/α-hetero) is 1. The van der Waals surface area contributed by atoms with Crippen molar-refractivity contribution in [1.82, 2.24) is 0 Å². The third kappa shape index (κ3) is 3.25. The van der Waals surface area contributed by atoms with E-state index in [0.29, 0.717) is 18.2 Å². The second kappa shape index (κ2) is 5.58. The third-order valence-corrected chi connectivity index (χ3v) is 2.78. The van der Waals surface area contributed by atoms with Crippen LogP contribution in [0.4, 0.5) is 4.39 Å². The van der Waals surface area contributed by atoms with Gasteiger partial charge in [0.2, 0.25) is 0 Å². The van der Waals surface area contributed by atoms with E-state index < -0.39 is 11.9 Å². The second-order valence-corrected chi connectivity index (χ2v) is 4.25. The first kappa shape index (κ1) is 12.5. The number of hydrogen-bond donors (Lipinski definition) is 0. The van der Waals surface area contributed by atoms with Crippen LogP contribution in [0.1, 0.15) is 5.56 Å². The van der Waals surface area contributed by atoms with E-state index in [4.69, 9.17) is 21.1 Å². The van der Waals surface area contributed by atoms with Gasteiger partial charge in [-0.15, -0.1) is 0 Å². The van der Waals surface area contributed by atoms with Crippen LogP contribution in [0.3, 0.4) is 0 Å². The molecule has 0 N–H and O–H groups in total. The molecule has 1 aromatic carbocycles. The molecular weight excluding hydrogens is 247 g/mol. The van der Waals surface area contributed by atoms with E-state index in [0.717, 1.165) is 0 Å². The van der Waals surface area contributed by atoms with Crippen molar-refractivity contribution >= 4 is 17.4 Å². The van der Waals surface area contributed by atoms with Gasteiger partial charge < -0.3 is 9.47 Å². The molecule has 0 amide bonds. The molecule has 17 heavy (non-hydrogen) atoms. The van der Waals surface area contributed by atoms with Crippen molar-refractivity contribution in [1.29, 1.82) is 0 Å². The van der Waals surface area contributed by atoms with Gasteiger partial charge in [-0.05, 0) is 23.8 Å². The average Bonchev–Trinajstić information content (AvgIpc) is 2.35. The van der Waals surface area contributed by atoms with Crippen LogP contribution in [0.2, 0.25) is 5.02 Å². The van der Waals surface area contributed by atoms with Crippen LogP contribution in [0, 0.1) is 5.82 Å². The van der Waals surface area contributed by atoms with E-state index in [1.807, 2.05) is 0 Å². The predicted octanol–water partition coefficient (Wildman–Crippen LogP) is 2.01. The molecular formula is C12H12ClFO3. The lowest BCUT2D eigenvalue weighted by molar-refractivity contribution is -0.144. The van der Waals surface area contributed by atoms with E-state index in [9.17, 15) is 9.18 Å². The summed E-state index contributed by atoms with van der Waals surface area (Å²) in [4.78, 5) is 11.8. The van der Waals surface area contributed by atoms with Crippen LogP contribution >= 0.6 is 11.6 Å². The summed E-state index contributed by atoms with van der Waals surface area (Å²) in [6.07, 6.45) is -0.623. The van der Waals surface area contributed by atoms with Crippen LogP contribution < -0.4 is 0 Å². The molecule has 0 saturated carbocycles. The van der Waals surface area contributed by atoms with Gasteiger partial charge in [-0.2, -0.15) is 0 Å². The number of carbonyl (C=O) groups excluding carboxylic acids is 1. The molecule has 0 aromatic heterocycles. The van der Waals surface area contributed by atoms with Crippen molar-refractivity contribution in [3.8, 4) is 0 Å². The standard InChI is InChI=1S/C12H12ClFO3/c13-9-1-2-10(14)8(5-9)6-11(15)12-7-16-3-4-17-12/h1-2,5,12H,3-4,6-7H2. The van der Waals surface area contributed by atoms with Gasteiger partial charge in [0, 0.05) is 11.4 Å². The molecule has 1 aliphatic rings. The maximum Gasteiger partial charge on any atom is 0.168 e. The highest BCUT2D eigenvalue weighted by molar-refractivity contribution is 6.30. The Labute approximate surface area is 103 Å². The Bertz CT molecular complexity index is 416. The first-order valence-corrected chi connectivity index (χ1v) is 5.70. The lowest BCUT2D eigenvalue weighted by Gasteiger charge is -2.21. The van der Waals surface area contributed by atoms with Crippen molar-refractivity contribution in [2.24, 2.45) is 0 Å². The Morgan fingerprint density at radius 3 is 3.00 bits per heavy atom. The number of ether oxygens (including phenoxy) is 2.